The third kappa shape index (κ3) is 4.04. The van der Waals surface area contributed by atoms with Gasteiger partial charge in [-0.25, -0.2) is 13.4 Å². The number of nitrogens with zero attached hydrogens (tertiary/aromatic N) is 1. The molecule has 3 aromatic carbocycles. The van der Waals surface area contributed by atoms with Crippen molar-refractivity contribution in [3.05, 3.63) is 83.4 Å². The topological polar surface area (TPSA) is 104 Å². The van der Waals surface area contributed by atoms with E-state index in [1.807, 2.05) is 44.2 Å². The second-order valence-corrected chi connectivity index (χ2v) is 8.67. The van der Waals surface area contributed by atoms with Gasteiger partial charge < -0.3 is 4.98 Å². The number of hydrogen-bond donors (Lipinski definition) is 3. The van der Waals surface area contributed by atoms with Gasteiger partial charge in [0.25, 0.3) is 15.9 Å². The summed E-state index contributed by atoms with van der Waals surface area (Å²) in [5, 5.41) is 2.69. The van der Waals surface area contributed by atoms with E-state index in [0.29, 0.717) is 17.2 Å². The van der Waals surface area contributed by atoms with Gasteiger partial charge in [-0.15, -0.1) is 0 Å². The first-order chi connectivity index (χ1) is 14.3. The molecule has 0 aliphatic rings. The number of benzene rings is 3. The minimum Gasteiger partial charge on any atom is -0.324 e. The highest BCUT2D eigenvalue weighted by Crippen LogP contribution is 2.20. The Labute approximate surface area is 174 Å². The van der Waals surface area contributed by atoms with Crippen LogP contribution in [0.15, 0.2) is 71.6 Å². The maximum absolute atomic E-state index is 12.6. The van der Waals surface area contributed by atoms with E-state index in [9.17, 15) is 13.2 Å². The standard InChI is InChI=1S/C22H20N4O3S/c1-14-7-10-17(13-15(14)2)26-30(28,29)18-11-8-16(9-12-18)21(27)25-22-23-19-5-3-4-6-20(19)24-22/h3-13,26H,1-2H3,(H2,23,24,25,27). The van der Waals surface area contributed by atoms with E-state index in [0.717, 1.165) is 22.2 Å². The lowest BCUT2D eigenvalue weighted by molar-refractivity contribution is 0.102. The Hall–Kier alpha value is -3.65. The number of imidazole rings is 1. The van der Waals surface area contributed by atoms with Crippen LogP contribution in [0.25, 0.3) is 11.0 Å². The lowest BCUT2D eigenvalue weighted by atomic mass is 10.1. The molecule has 0 radical (unpaired) electrons. The van der Waals surface area contributed by atoms with Gasteiger partial charge in [-0.2, -0.15) is 0 Å². The van der Waals surface area contributed by atoms with Crippen molar-refractivity contribution >= 4 is 38.6 Å². The maximum Gasteiger partial charge on any atom is 0.261 e. The van der Waals surface area contributed by atoms with Gasteiger partial charge in [-0.05, 0) is 73.5 Å². The fourth-order valence-corrected chi connectivity index (χ4v) is 4.05. The largest absolute Gasteiger partial charge is 0.324 e. The van der Waals surface area contributed by atoms with Crippen LogP contribution in [0.2, 0.25) is 0 Å². The molecule has 0 bridgehead atoms. The molecular weight excluding hydrogens is 400 g/mol. The zero-order chi connectivity index (χ0) is 21.3. The van der Waals surface area contributed by atoms with E-state index in [2.05, 4.69) is 20.0 Å². The molecule has 1 amide bonds. The third-order valence-electron chi connectivity index (χ3n) is 4.81. The maximum atomic E-state index is 12.6. The molecule has 152 valence electrons. The van der Waals surface area contributed by atoms with Gasteiger partial charge in [0.15, 0.2) is 0 Å². The zero-order valence-corrected chi connectivity index (χ0v) is 17.2. The molecule has 0 unspecified atom stereocenters. The third-order valence-corrected chi connectivity index (χ3v) is 6.20. The van der Waals surface area contributed by atoms with Gasteiger partial charge >= 0.3 is 0 Å². The van der Waals surface area contributed by atoms with Crippen molar-refractivity contribution in [2.45, 2.75) is 18.7 Å². The van der Waals surface area contributed by atoms with E-state index < -0.39 is 10.0 Å². The zero-order valence-electron chi connectivity index (χ0n) is 16.4. The van der Waals surface area contributed by atoms with Crippen molar-refractivity contribution in [2.24, 2.45) is 0 Å². The molecule has 7 nitrogen and oxygen atoms in total. The van der Waals surface area contributed by atoms with Crippen molar-refractivity contribution in [2.75, 3.05) is 10.0 Å². The van der Waals surface area contributed by atoms with Crippen molar-refractivity contribution in [3.8, 4) is 0 Å². The molecule has 30 heavy (non-hydrogen) atoms. The number of nitrogens with one attached hydrogen (secondary N) is 3. The minimum atomic E-state index is -3.76. The first-order valence-electron chi connectivity index (χ1n) is 9.28. The van der Waals surface area contributed by atoms with Gasteiger partial charge in [0.05, 0.1) is 15.9 Å². The van der Waals surface area contributed by atoms with Crippen molar-refractivity contribution in [1.29, 1.82) is 0 Å². The molecule has 0 saturated carbocycles. The first kappa shape index (κ1) is 19.7. The summed E-state index contributed by atoms with van der Waals surface area (Å²) >= 11 is 0. The molecule has 0 aliphatic carbocycles. The summed E-state index contributed by atoms with van der Waals surface area (Å²) in [6.45, 7) is 3.88. The van der Waals surface area contributed by atoms with E-state index in [1.165, 1.54) is 24.3 Å². The molecular formula is C22H20N4O3S. The summed E-state index contributed by atoms with van der Waals surface area (Å²) in [6, 6.07) is 18.5. The average Bonchev–Trinajstić information content (AvgIpc) is 3.13. The van der Waals surface area contributed by atoms with Crippen LogP contribution in [0.4, 0.5) is 11.6 Å². The normalized spacial score (nSPS) is 11.4. The number of aromatic amines is 1. The molecule has 0 atom stereocenters. The van der Waals surface area contributed by atoms with Crippen LogP contribution in [-0.2, 0) is 10.0 Å². The number of aryl methyl sites for hydroxylation is 2. The molecule has 1 heterocycles. The second-order valence-electron chi connectivity index (χ2n) is 6.99. The number of aromatic nitrogens is 2. The fraction of sp³-hybridized carbons (Fsp3) is 0.0909. The monoisotopic (exact) mass is 420 g/mol. The number of H-pyrrole nitrogens is 1. The van der Waals surface area contributed by atoms with Crippen LogP contribution in [0.1, 0.15) is 21.5 Å². The van der Waals surface area contributed by atoms with E-state index in [-0.39, 0.29) is 10.8 Å². The number of hydrogen-bond acceptors (Lipinski definition) is 4. The fourth-order valence-electron chi connectivity index (χ4n) is 3.00. The SMILES string of the molecule is Cc1ccc(NS(=O)(=O)c2ccc(C(=O)Nc3nc4ccccc4[nH]3)cc2)cc1C. The first-order valence-corrected chi connectivity index (χ1v) is 10.8. The molecule has 4 aromatic rings. The van der Waals surface area contributed by atoms with Crippen molar-refractivity contribution in [3.63, 3.8) is 0 Å². The van der Waals surface area contributed by atoms with Crippen LogP contribution in [-0.4, -0.2) is 24.3 Å². The van der Waals surface area contributed by atoms with Gasteiger partial charge in [0, 0.05) is 11.3 Å². The van der Waals surface area contributed by atoms with Gasteiger partial charge in [-0.3, -0.25) is 14.8 Å². The number of para-hydroxylation sites is 2. The Balaban J connectivity index is 1.49. The Kier molecular flexibility index (Phi) is 5.01. The number of carbonyl (C=O) groups excluding carboxylic acids is 1. The molecule has 0 aliphatic heterocycles. The molecule has 0 saturated heterocycles. The number of rotatable bonds is 5. The van der Waals surface area contributed by atoms with Crippen LogP contribution in [0, 0.1) is 13.8 Å². The van der Waals surface area contributed by atoms with Gasteiger partial charge in [0.2, 0.25) is 5.95 Å². The van der Waals surface area contributed by atoms with Crippen molar-refractivity contribution in [1.82, 2.24) is 9.97 Å². The number of sulfonamides is 1. The molecule has 8 heteroatoms. The van der Waals surface area contributed by atoms with Crippen LogP contribution in [0.5, 0.6) is 0 Å². The van der Waals surface area contributed by atoms with Gasteiger partial charge in [-0.1, -0.05) is 18.2 Å². The summed E-state index contributed by atoms with van der Waals surface area (Å²) in [7, 11) is -3.76. The predicted molar refractivity (Wildman–Crippen MR) is 117 cm³/mol. The smallest absolute Gasteiger partial charge is 0.261 e. The Morgan fingerprint density at radius 1 is 0.933 bits per heavy atom. The van der Waals surface area contributed by atoms with Crippen LogP contribution >= 0.6 is 0 Å². The Morgan fingerprint density at radius 2 is 1.67 bits per heavy atom. The predicted octanol–water partition coefficient (Wildman–Crippen LogP) is 4.23. The van der Waals surface area contributed by atoms with Crippen molar-refractivity contribution < 1.29 is 13.2 Å². The number of anilines is 2. The van der Waals surface area contributed by atoms with Crippen LogP contribution < -0.4 is 10.0 Å². The van der Waals surface area contributed by atoms with E-state index in [4.69, 9.17) is 0 Å². The number of carbonyl (C=O) groups is 1. The summed E-state index contributed by atoms with van der Waals surface area (Å²) in [6.07, 6.45) is 0. The number of fused-ring (bicyclic) bond motifs is 1. The summed E-state index contributed by atoms with van der Waals surface area (Å²) in [5.41, 5.74) is 4.44. The highest BCUT2D eigenvalue weighted by atomic mass is 32.2. The lowest BCUT2D eigenvalue weighted by Crippen LogP contribution is -2.15. The molecule has 0 fully saturated rings. The second kappa shape index (κ2) is 7.64. The summed E-state index contributed by atoms with van der Waals surface area (Å²) in [4.78, 5) is 19.9. The molecule has 0 spiro atoms. The highest BCUT2D eigenvalue weighted by molar-refractivity contribution is 7.92. The summed E-state index contributed by atoms with van der Waals surface area (Å²) < 4.78 is 27.8. The Morgan fingerprint density at radius 3 is 2.37 bits per heavy atom. The Bertz CT molecular complexity index is 1310. The molecule has 4 rings (SSSR count). The minimum absolute atomic E-state index is 0.0704. The van der Waals surface area contributed by atoms with Gasteiger partial charge in [0.1, 0.15) is 0 Å². The quantitative estimate of drug-likeness (QED) is 0.449. The molecule has 1 aromatic heterocycles. The molecule has 3 N–H and O–H groups in total. The lowest BCUT2D eigenvalue weighted by Gasteiger charge is -2.10. The highest BCUT2D eigenvalue weighted by Gasteiger charge is 2.16. The van der Waals surface area contributed by atoms with E-state index >= 15 is 0 Å². The van der Waals surface area contributed by atoms with Crippen LogP contribution in [0.3, 0.4) is 0 Å². The average molecular weight is 420 g/mol. The van der Waals surface area contributed by atoms with E-state index in [1.54, 1.807) is 12.1 Å². The summed E-state index contributed by atoms with van der Waals surface area (Å²) in [5.74, 6) is -0.0607. The number of amides is 1.